The fourth-order valence-electron chi connectivity index (χ4n) is 5.38. The van der Waals surface area contributed by atoms with Crippen LogP contribution < -0.4 is 9.64 Å². The van der Waals surface area contributed by atoms with E-state index in [2.05, 4.69) is 33.7 Å². The SMILES string of the molecule is C#C.Cc1ccc(C(=O)O)cc1N(CCN1CCC(c2ccc(F)c(OCc3ccc(C#N)cc3)n2)CC1)CC1CCO1. The summed E-state index contributed by atoms with van der Waals surface area (Å²) in [6.45, 7) is 7.13. The number of nitrogens with zero attached hydrogens (tertiary/aromatic N) is 4. The summed E-state index contributed by atoms with van der Waals surface area (Å²) in [6, 6.07) is 17.6. The number of terminal acetylenes is 1. The highest BCUT2D eigenvalue weighted by molar-refractivity contribution is 5.89. The number of hydrogen-bond donors (Lipinski definition) is 1. The molecule has 2 aliphatic rings. The summed E-state index contributed by atoms with van der Waals surface area (Å²) >= 11 is 0. The van der Waals surface area contributed by atoms with Crippen LogP contribution in [0.4, 0.5) is 10.1 Å². The molecule has 1 unspecified atom stereocenters. The van der Waals surface area contributed by atoms with Crippen LogP contribution in [0.15, 0.2) is 54.6 Å². The molecule has 0 radical (unpaired) electrons. The molecule has 0 saturated carbocycles. The number of aromatic nitrogens is 1. The molecule has 0 aliphatic carbocycles. The molecule has 2 saturated heterocycles. The number of pyridine rings is 1. The number of carbonyl (C=O) groups is 1. The Hall–Kier alpha value is -4.44. The monoisotopic (exact) mass is 584 g/mol. The largest absolute Gasteiger partial charge is 0.478 e. The van der Waals surface area contributed by atoms with Crippen LogP contribution in [0.5, 0.6) is 5.88 Å². The first-order valence-corrected chi connectivity index (χ1v) is 14.4. The van der Waals surface area contributed by atoms with E-state index in [4.69, 9.17) is 14.7 Å². The van der Waals surface area contributed by atoms with Crippen LogP contribution in [-0.4, -0.2) is 66.4 Å². The van der Waals surface area contributed by atoms with Crippen molar-refractivity contribution < 1.29 is 23.8 Å². The lowest BCUT2D eigenvalue weighted by molar-refractivity contribution is -0.0446. The van der Waals surface area contributed by atoms with E-state index >= 15 is 0 Å². The zero-order valence-electron chi connectivity index (χ0n) is 24.4. The van der Waals surface area contributed by atoms with Gasteiger partial charge in [0, 0.05) is 43.5 Å². The number of ether oxygens (including phenoxy) is 2. The summed E-state index contributed by atoms with van der Waals surface area (Å²) < 4.78 is 25.9. The number of halogens is 1. The Balaban J connectivity index is 0.00000207. The molecule has 2 aliphatic heterocycles. The van der Waals surface area contributed by atoms with E-state index in [1.807, 2.05) is 13.0 Å². The van der Waals surface area contributed by atoms with Crippen LogP contribution in [0, 0.1) is 36.9 Å². The van der Waals surface area contributed by atoms with Crippen molar-refractivity contribution in [3.05, 3.63) is 88.4 Å². The van der Waals surface area contributed by atoms with Crippen molar-refractivity contribution >= 4 is 11.7 Å². The van der Waals surface area contributed by atoms with Gasteiger partial charge in [-0.15, -0.1) is 12.8 Å². The van der Waals surface area contributed by atoms with E-state index in [1.54, 1.807) is 42.5 Å². The van der Waals surface area contributed by atoms with Gasteiger partial charge in [-0.25, -0.2) is 14.2 Å². The second-order valence-corrected chi connectivity index (χ2v) is 10.8. The van der Waals surface area contributed by atoms with Gasteiger partial charge >= 0.3 is 5.97 Å². The topological polar surface area (TPSA) is 98.9 Å². The number of carboxylic acids is 1. The maximum absolute atomic E-state index is 14.5. The van der Waals surface area contributed by atoms with Crippen molar-refractivity contribution in [1.29, 1.82) is 5.26 Å². The molecule has 2 fully saturated rings. The van der Waals surface area contributed by atoms with Crippen molar-refractivity contribution in [3.8, 4) is 24.8 Å². The fraction of sp³-hybridized carbons (Fsp3) is 0.382. The first-order chi connectivity index (χ1) is 20.9. The minimum Gasteiger partial charge on any atom is -0.478 e. The van der Waals surface area contributed by atoms with E-state index in [-0.39, 0.29) is 30.1 Å². The summed E-state index contributed by atoms with van der Waals surface area (Å²) in [7, 11) is 0. The zero-order chi connectivity index (χ0) is 30.8. The molecule has 2 aromatic carbocycles. The highest BCUT2D eigenvalue weighted by atomic mass is 19.1. The van der Waals surface area contributed by atoms with Crippen LogP contribution in [-0.2, 0) is 11.3 Å². The summed E-state index contributed by atoms with van der Waals surface area (Å²) in [4.78, 5) is 20.8. The van der Waals surface area contributed by atoms with E-state index in [0.29, 0.717) is 5.56 Å². The van der Waals surface area contributed by atoms with Gasteiger partial charge in [-0.3, -0.25) is 0 Å². The first-order valence-electron chi connectivity index (χ1n) is 14.4. The van der Waals surface area contributed by atoms with Crippen LogP contribution >= 0.6 is 0 Å². The van der Waals surface area contributed by atoms with Gasteiger partial charge in [-0.05, 0) is 86.8 Å². The number of aromatic carboxylic acids is 1. The Morgan fingerprint density at radius 2 is 1.88 bits per heavy atom. The van der Waals surface area contributed by atoms with Gasteiger partial charge < -0.3 is 24.4 Å². The quantitative estimate of drug-likeness (QED) is 0.299. The van der Waals surface area contributed by atoms with Crippen molar-refractivity contribution in [3.63, 3.8) is 0 Å². The minimum absolute atomic E-state index is 0.00195. The standard InChI is InChI=1S/C32H35FN4O4.C2H2/c1-22-2-7-26(32(38)39)18-30(22)37(20-27-12-17-40-27)16-15-36-13-10-25(11-14-36)29-9-8-28(33)31(35-29)41-21-24-5-3-23(19-34)4-6-24;1-2/h2-9,18,25,27H,10-17,20-21H2,1H3,(H,38,39);1-2H. The van der Waals surface area contributed by atoms with E-state index < -0.39 is 11.8 Å². The Morgan fingerprint density at radius 3 is 2.51 bits per heavy atom. The Labute approximate surface area is 252 Å². The molecule has 1 atom stereocenters. The average Bonchev–Trinajstić information content (AvgIpc) is 3.01. The third kappa shape index (κ3) is 8.32. The molecule has 1 N–H and O–H groups in total. The summed E-state index contributed by atoms with van der Waals surface area (Å²) in [5, 5.41) is 18.5. The molecule has 9 heteroatoms. The number of anilines is 1. The maximum Gasteiger partial charge on any atom is 0.335 e. The Bertz CT molecular complexity index is 1440. The fourth-order valence-corrected chi connectivity index (χ4v) is 5.38. The number of rotatable bonds is 11. The predicted octanol–water partition coefficient (Wildman–Crippen LogP) is 5.40. The van der Waals surface area contributed by atoms with Gasteiger partial charge in [0.25, 0.3) is 5.88 Å². The number of hydrogen-bond acceptors (Lipinski definition) is 7. The van der Waals surface area contributed by atoms with Crippen LogP contribution in [0.1, 0.15) is 57.9 Å². The van der Waals surface area contributed by atoms with Gasteiger partial charge in [-0.1, -0.05) is 18.2 Å². The van der Waals surface area contributed by atoms with Crippen molar-refractivity contribution in [1.82, 2.24) is 9.88 Å². The number of likely N-dealkylation sites (tertiary alicyclic amines) is 1. The normalized spacial score (nSPS) is 16.7. The number of aryl methyl sites for hydroxylation is 1. The third-order valence-electron chi connectivity index (χ3n) is 8.00. The Morgan fingerprint density at radius 1 is 1.16 bits per heavy atom. The highest BCUT2D eigenvalue weighted by Gasteiger charge is 2.26. The number of carboxylic acid groups (broad SMARTS) is 1. The van der Waals surface area contributed by atoms with Gasteiger partial charge in [0.2, 0.25) is 0 Å². The molecule has 8 nitrogen and oxygen atoms in total. The predicted molar refractivity (Wildman–Crippen MR) is 163 cm³/mol. The average molecular weight is 585 g/mol. The van der Waals surface area contributed by atoms with Crippen LogP contribution in [0.2, 0.25) is 0 Å². The maximum atomic E-state index is 14.5. The number of piperidine rings is 1. The molecule has 43 heavy (non-hydrogen) atoms. The summed E-state index contributed by atoms with van der Waals surface area (Å²) in [5.41, 5.74) is 4.52. The van der Waals surface area contributed by atoms with Crippen LogP contribution in [0.25, 0.3) is 0 Å². The number of benzene rings is 2. The molecule has 224 valence electrons. The summed E-state index contributed by atoms with van der Waals surface area (Å²) in [6.07, 6.45) is 11.0. The minimum atomic E-state index is -0.926. The Kier molecular flexibility index (Phi) is 11.1. The first kappa shape index (κ1) is 31.5. The van der Waals surface area contributed by atoms with Crippen molar-refractivity contribution in [2.75, 3.05) is 44.2 Å². The second-order valence-electron chi connectivity index (χ2n) is 10.8. The van der Waals surface area contributed by atoms with Crippen molar-refractivity contribution in [2.45, 2.75) is 44.8 Å². The lowest BCUT2D eigenvalue weighted by Crippen LogP contribution is -2.45. The van der Waals surface area contributed by atoms with Gasteiger partial charge in [0.1, 0.15) is 6.61 Å². The molecule has 1 aromatic heterocycles. The van der Waals surface area contributed by atoms with Gasteiger partial charge in [-0.2, -0.15) is 5.26 Å². The molecular formula is C34H37FN4O4. The molecule has 5 rings (SSSR count). The third-order valence-corrected chi connectivity index (χ3v) is 8.00. The second kappa shape index (κ2) is 15.2. The molecule has 0 spiro atoms. The molecule has 3 heterocycles. The summed E-state index contributed by atoms with van der Waals surface area (Å²) in [5.74, 6) is -1.19. The lowest BCUT2D eigenvalue weighted by atomic mass is 9.93. The smallest absolute Gasteiger partial charge is 0.335 e. The highest BCUT2D eigenvalue weighted by Crippen LogP contribution is 2.30. The molecular weight excluding hydrogens is 547 g/mol. The zero-order valence-corrected chi connectivity index (χ0v) is 24.4. The molecule has 0 bridgehead atoms. The van der Waals surface area contributed by atoms with Crippen molar-refractivity contribution in [2.24, 2.45) is 0 Å². The lowest BCUT2D eigenvalue weighted by Gasteiger charge is -2.37. The van der Waals surface area contributed by atoms with Gasteiger partial charge in [0.15, 0.2) is 5.82 Å². The van der Waals surface area contributed by atoms with Crippen LogP contribution in [0.3, 0.4) is 0 Å². The van der Waals surface area contributed by atoms with E-state index in [1.165, 1.54) is 6.07 Å². The van der Waals surface area contributed by atoms with Gasteiger partial charge in [0.05, 0.1) is 23.3 Å². The molecule has 3 aromatic rings. The van der Waals surface area contributed by atoms with E-state index in [9.17, 15) is 14.3 Å². The molecule has 0 amide bonds. The number of nitriles is 1. The van der Waals surface area contributed by atoms with E-state index in [0.717, 1.165) is 81.1 Å².